The van der Waals surface area contributed by atoms with Crippen molar-refractivity contribution in [2.75, 3.05) is 31.1 Å². The summed E-state index contributed by atoms with van der Waals surface area (Å²) in [6.45, 7) is 2.38. The average Bonchev–Trinajstić information content (AvgIpc) is 2.55. The zero-order valence-electron chi connectivity index (χ0n) is 12.0. The van der Waals surface area contributed by atoms with E-state index in [-0.39, 0.29) is 5.91 Å². The molecule has 4 heteroatoms. The van der Waals surface area contributed by atoms with Gasteiger partial charge >= 0.3 is 0 Å². The second-order valence-corrected chi connectivity index (χ2v) is 6.56. The Kier molecular flexibility index (Phi) is 4.46. The highest BCUT2D eigenvalue weighted by Gasteiger charge is 2.18. The maximum atomic E-state index is 12.5. The monoisotopic (exact) mass is 300 g/mol. The lowest BCUT2D eigenvalue weighted by Crippen LogP contribution is -2.37. The molecule has 2 aromatic rings. The number of fused-ring (bicyclic) bond motifs is 1. The molecule has 0 aliphatic carbocycles. The van der Waals surface area contributed by atoms with Crippen molar-refractivity contribution in [2.24, 2.45) is 5.73 Å². The van der Waals surface area contributed by atoms with Crippen LogP contribution in [0.5, 0.6) is 0 Å². The van der Waals surface area contributed by atoms with Crippen LogP contribution < -0.4 is 5.73 Å². The fraction of sp³-hybridized carbons (Fsp3) is 0.353. The third-order valence-corrected chi connectivity index (χ3v) is 4.83. The zero-order chi connectivity index (χ0) is 14.7. The van der Waals surface area contributed by atoms with Gasteiger partial charge in [0.2, 0.25) is 0 Å². The summed E-state index contributed by atoms with van der Waals surface area (Å²) in [5, 5.41) is 2.29. The van der Waals surface area contributed by atoms with E-state index in [1.165, 1.54) is 10.9 Å². The van der Waals surface area contributed by atoms with Crippen LogP contribution in [0.1, 0.15) is 15.9 Å². The fourth-order valence-corrected chi connectivity index (χ4v) is 3.60. The Balaban J connectivity index is 1.86. The van der Waals surface area contributed by atoms with Crippen molar-refractivity contribution in [3.05, 3.63) is 47.5 Å². The van der Waals surface area contributed by atoms with Crippen LogP contribution in [0.3, 0.4) is 0 Å². The molecule has 0 radical (unpaired) electrons. The molecular weight excluding hydrogens is 280 g/mol. The summed E-state index contributed by atoms with van der Waals surface area (Å²) < 4.78 is 0. The quantitative estimate of drug-likeness (QED) is 0.947. The van der Waals surface area contributed by atoms with Gasteiger partial charge in [-0.2, -0.15) is 11.8 Å². The van der Waals surface area contributed by atoms with E-state index in [2.05, 4.69) is 18.2 Å². The van der Waals surface area contributed by atoms with Crippen LogP contribution in [0, 0.1) is 0 Å². The number of amides is 1. The number of nitrogens with two attached hydrogens (primary N) is 1. The van der Waals surface area contributed by atoms with Crippen molar-refractivity contribution in [1.82, 2.24) is 4.90 Å². The van der Waals surface area contributed by atoms with Gasteiger partial charge in [0.15, 0.2) is 0 Å². The molecule has 0 unspecified atom stereocenters. The van der Waals surface area contributed by atoms with Crippen LogP contribution in [0.2, 0.25) is 0 Å². The molecule has 0 aromatic heterocycles. The first kappa shape index (κ1) is 14.4. The molecule has 1 amide bonds. The molecule has 1 aliphatic rings. The van der Waals surface area contributed by atoms with Crippen LogP contribution in [-0.4, -0.2) is 41.9 Å². The topological polar surface area (TPSA) is 46.3 Å². The molecule has 1 heterocycles. The van der Waals surface area contributed by atoms with E-state index in [0.29, 0.717) is 6.54 Å². The molecule has 0 saturated carbocycles. The maximum Gasteiger partial charge on any atom is 0.253 e. The third kappa shape index (κ3) is 3.22. The zero-order valence-corrected chi connectivity index (χ0v) is 12.9. The SMILES string of the molecule is NCCc1ccc2cc(C(=O)N3CCSCC3)ccc2c1. The van der Waals surface area contributed by atoms with Gasteiger partial charge in [-0.15, -0.1) is 0 Å². The Bertz CT molecular complexity index is 650. The number of rotatable bonds is 3. The van der Waals surface area contributed by atoms with E-state index in [1.807, 2.05) is 34.9 Å². The van der Waals surface area contributed by atoms with Gasteiger partial charge < -0.3 is 10.6 Å². The normalized spacial score (nSPS) is 15.4. The highest BCUT2D eigenvalue weighted by atomic mass is 32.2. The molecule has 3 rings (SSSR count). The Hall–Kier alpha value is -1.52. The van der Waals surface area contributed by atoms with Gasteiger partial charge in [-0.05, 0) is 41.4 Å². The minimum Gasteiger partial charge on any atom is -0.337 e. The third-order valence-electron chi connectivity index (χ3n) is 3.88. The number of thioether (sulfide) groups is 1. The molecule has 21 heavy (non-hydrogen) atoms. The summed E-state index contributed by atoms with van der Waals surface area (Å²) in [4.78, 5) is 14.5. The minimum atomic E-state index is 0.156. The Morgan fingerprint density at radius 2 is 1.81 bits per heavy atom. The van der Waals surface area contributed by atoms with Crippen molar-refractivity contribution in [3.63, 3.8) is 0 Å². The minimum absolute atomic E-state index is 0.156. The van der Waals surface area contributed by atoms with Crippen molar-refractivity contribution in [2.45, 2.75) is 6.42 Å². The van der Waals surface area contributed by atoms with Gasteiger partial charge in [-0.25, -0.2) is 0 Å². The first-order valence-corrected chi connectivity index (χ1v) is 8.53. The Labute approximate surface area is 129 Å². The van der Waals surface area contributed by atoms with Gasteiger partial charge in [0.25, 0.3) is 5.91 Å². The predicted octanol–water partition coefficient (Wildman–Crippen LogP) is 2.53. The van der Waals surface area contributed by atoms with E-state index in [4.69, 9.17) is 5.73 Å². The maximum absolute atomic E-state index is 12.5. The number of carbonyl (C=O) groups is 1. The largest absolute Gasteiger partial charge is 0.337 e. The average molecular weight is 300 g/mol. The Morgan fingerprint density at radius 3 is 2.57 bits per heavy atom. The van der Waals surface area contributed by atoms with Crippen LogP contribution in [0.4, 0.5) is 0 Å². The van der Waals surface area contributed by atoms with Crippen molar-refractivity contribution < 1.29 is 4.79 Å². The van der Waals surface area contributed by atoms with E-state index in [9.17, 15) is 4.79 Å². The summed E-state index contributed by atoms with van der Waals surface area (Å²) in [7, 11) is 0. The molecule has 1 aliphatic heterocycles. The van der Waals surface area contributed by atoms with Gasteiger partial charge in [0.1, 0.15) is 0 Å². The number of nitrogens with zero attached hydrogens (tertiary/aromatic N) is 1. The smallest absolute Gasteiger partial charge is 0.253 e. The van der Waals surface area contributed by atoms with Crippen LogP contribution in [-0.2, 0) is 6.42 Å². The van der Waals surface area contributed by atoms with Crippen molar-refractivity contribution >= 4 is 28.4 Å². The summed E-state index contributed by atoms with van der Waals surface area (Å²) in [5.41, 5.74) is 7.64. The number of hydrogen-bond donors (Lipinski definition) is 1. The first-order chi connectivity index (χ1) is 10.3. The van der Waals surface area contributed by atoms with E-state index in [0.717, 1.165) is 42.0 Å². The van der Waals surface area contributed by atoms with Gasteiger partial charge in [0.05, 0.1) is 0 Å². The molecule has 110 valence electrons. The first-order valence-electron chi connectivity index (χ1n) is 7.38. The lowest BCUT2D eigenvalue weighted by Gasteiger charge is -2.26. The highest BCUT2D eigenvalue weighted by Crippen LogP contribution is 2.20. The van der Waals surface area contributed by atoms with E-state index in [1.54, 1.807) is 0 Å². The van der Waals surface area contributed by atoms with Crippen LogP contribution in [0.15, 0.2) is 36.4 Å². The standard InChI is InChI=1S/C17H20N2OS/c18-6-5-13-1-2-15-12-16(4-3-14(15)11-13)17(20)19-7-9-21-10-8-19/h1-4,11-12H,5-10,18H2. The summed E-state index contributed by atoms with van der Waals surface area (Å²) in [6, 6.07) is 12.3. The fourth-order valence-electron chi connectivity index (χ4n) is 2.70. The van der Waals surface area contributed by atoms with Crippen molar-refractivity contribution in [1.29, 1.82) is 0 Å². The molecule has 1 saturated heterocycles. The predicted molar refractivity (Wildman–Crippen MR) is 89.9 cm³/mol. The number of hydrogen-bond acceptors (Lipinski definition) is 3. The number of carbonyl (C=O) groups excluding carboxylic acids is 1. The highest BCUT2D eigenvalue weighted by molar-refractivity contribution is 7.99. The van der Waals surface area contributed by atoms with Gasteiger partial charge in [-0.3, -0.25) is 4.79 Å². The summed E-state index contributed by atoms with van der Waals surface area (Å²) in [5.74, 6) is 2.24. The molecule has 0 spiro atoms. The summed E-state index contributed by atoms with van der Waals surface area (Å²) >= 11 is 1.92. The van der Waals surface area contributed by atoms with Gasteiger partial charge in [-0.1, -0.05) is 24.3 Å². The molecule has 2 N–H and O–H groups in total. The molecule has 0 atom stereocenters. The second kappa shape index (κ2) is 6.50. The molecular formula is C17H20N2OS. The molecule has 0 bridgehead atoms. The second-order valence-electron chi connectivity index (χ2n) is 5.34. The van der Waals surface area contributed by atoms with Crippen molar-refractivity contribution in [3.8, 4) is 0 Å². The molecule has 1 fully saturated rings. The van der Waals surface area contributed by atoms with E-state index >= 15 is 0 Å². The van der Waals surface area contributed by atoms with Crippen LogP contribution in [0.25, 0.3) is 10.8 Å². The molecule has 3 nitrogen and oxygen atoms in total. The van der Waals surface area contributed by atoms with E-state index < -0.39 is 0 Å². The lowest BCUT2D eigenvalue weighted by atomic mass is 10.0. The summed E-state index contributed by atoms with van der Waals surface area (Å²) in [6.07, 6.45) is 0.891. The number of benzene rings is 2. The van der Waals surface area contributed by atoms with Crippen LogP contribution >= 0.6 is 11.8 Å². The Morgan fingerprint density at radius 1 is 1.10 bits per heavy atom. The molecule has 2 aromatic carbocycles. The lowest BCUT2D eigenvalue weighted by molar-refractivity contribution is 0.0772. The van der Waals surface area contributed by atoms with Gasteiger partial charge in [0, 0.05) is 30.2 Å².